The molecule has 6 nitrogen and oxygen atoms in total. The third-order valence-electron chi connectivity index (χ3n) is 3.58. The first-order chi connectivity index (χ1) is 12.5. The number of sulfonamides is 1. The molecule has 0 aliphatic heterocycles. The van der Waals surface area contributed by atoms with Crippen molar-refractivity contribution in [3.05, 3.63) is 94.5 Å². The molecule has 7 heteroatoms. The summed E-state index contributed by atoms with van der Waals surface area (Å²) < 4.78 is 37.5. The van der Waals surface area contributed by atoms with Gasteiger partial charge >= 0.3 is 0 Å². The predicted octanol–water partition coefficient (Wildman–Crippen LogP) is 2.70. The Morgan fingerprint density at radius 3 is 2.27 bits per heavy atom. The molecule has 3 rings (SSSR count). The van der Waals surface area contributed by atoms with Crippen molar-refractivity contribution in [2.75, 3.05) is 0 Å². The first kappa shape index (κ1) is 17.9. The van der Waals surface area contributed by atoms with Gasteiger partial charge in [-0.3, -0.25) is 4.79 Å². The lowest BCUT2D eigenvalue weighted by Gasteiger charge is -2.08. The molecule has 1 aromatic heterocycles. The average Bonchev–Trinajstić information content (AvgIpc) is 2.67. The van der Waals surface area contributed by atoms with Gasteiger partial charge < -0.3 is 9.15 Å². The highest BCUT2D eigenvalue weighted by atomic mass is 32.2. The van der Waals surface area contributed by atoms with Crippen LogP contribution in [0.2, 0.25) is 0 Å². The van der Waals surface area contributed by atoms with E-state index in [1.54, 1.807) is 18.2 Å². The minimum Gasteiger partial charge on any atom is -0.482 e. The highest BCUT2D eigenvalue weighted by Crippen LogP contribution is 2.11. The summed E-state index contributed by atoms with van der Waals surface area (Å²) in [5.74, 6) is 0.269. The van der Waals surface area contributed by atoms with E-state index in [1.807, 2.05) is 30.3 Å². The Hall–Kier alpha value is -2.90. The summed E-state index contributed by atoms with van der Waals surface area (Å²) in [5.41, 5.74) is 0.549. The Kier molecular flexibility index (Phi) is 5.50. The topological polar surface area (TPSA) is 85.6 Å². The summed E-state index contributed by atoms with van der Waals surface area (Å²) in [6, 6.07) is 18.6. The fourth-order valence-corrected chi connectivity index (χ4v) is 3.24. The van der Waals surface area contributed by atoms with Crippen molar-refractivity contribution in [1.29, 1.82) is 0 Å². The molecule has 0 aliphatic rings. The molecule has 3 aromatic rings. The van der Waals surface area contributed by atoms with Gasteiger partial charge in [0, 0.05) is 6.07 Å². The highest BCUT2D eigenvalue weighted by Gasteiger charge is 2.14. The lowest BCUT2D eigenvalue weighted by atomic mass is 10.2. The first-order valence-electron chi connectivity index (χ1n) is 7.88. The van der Waals surface area contributed by atoms with E-state index >= 15 is 0 Å². The van der Waals surface area contributed by atoms with Crippen molar-refractivity contribution >= 4 is 10.0 Å². The number of nitrogens with one attached hydrogen (secondary N) is 1. The van der Waals surface area contributed by atoms with Crippen LogP contribution in [0.4, 0.5) is 0 Å². The number of hydrogen-bond donors (Lipinski definition) is 1. The van der Waals surface area contributed by atoms with Gasteiger partial charge in [-0.1, -0.05) is 48.5 Å². The number of ether oxygens (including phenoxy) is 1. The zero-order chi connectivity index (χ0) is 18.4. The molecule has 0 radical (unpaired) electrons. The van der Waals surface area contributed by atoms with Gasteiger partial charge in [0.25, 0.3) is 0 Å². The number of hydrogen-bond acceptors (Lipinski definition) is 5. The average molecular weight is 371 g/mol. The van der Waals surface area contributed by atoms with Gasteiger partial charge in [-0.05, 0) is 17.7 Å². The minimum atomic E-state index is -3.67. The van der Waals surface area contributed by atoms with Crippen LogP contribution < -0.4 is 14.9 Å². The summed E-state index contributed by atoms with van der Waals surface area (Å²) in [6.45, 7) is 0.108. The van der Waals surface area contributed by atoms with E-state index in [0.717, 1.165) is 5.56 Å². The summed E-state index contributed by atoms with van der Waals surface area (Å²) in [7, 11) is -3.67. The Balaban J connectivity index is 1.63. The smallest absolute Gasteiger partial charge is 0.240 e. The molecule has 0 saturated heterocycles. The molecule has 0 atom stereocenters. The van der Waals surface area contributed by atoms with Crippen LogP contribution in [-0.2, 0) is 23.2 Å². The Labute approximate surface area is 151 Å². The summed E-state index contributed by atoms with van der Waals surface area (Å²) in [5, 5.41) is 0. The van der Waals surface area contributed by atoms with Gasteiger partial charge in [-0.2, -0.15) is 0 Å². The fraction of sp³-hybridized carbons (Fsp3) is 0.105. The third kappa shape index (κ3) is 4.59. The summed E-state index contributed by atoms with van der Waals surface area (Å²) in [6.07, 6.45) is 1.19. The van der Waals surface area contributed by atoms with Crippen molar-refractivity contribution in [2.24, 2.45) is 0 Å². The zero-order valence-electron chi connectivity index (χ0n) is 13.8. The SMILES string of the molecule is O=c1cc(CNS(=O)(=O)c2ccccc2)occ1OCc1ccccc1. The van der Waals surface area contributed by atoms with Crippen LogP contribution >= 0.6 is 0 Å². The Morgan fingerprint density at radius 1 is 0.962 bits per heavy atom. The number of benzene rings is 2. The maximum atomic E-state index is 12.2. The maximum Gasteiger partial charge on any atom is 0.240 e. The van der Waals surface area contributed by atoms with Crippen LogP contribution in [0.3, 0.4) is 0 Å². The van der Waals surface area contributed by atoms with E-state index < -0.39 is 10.0 Å². The number of rotatable bonds is 7. The molecule has 0 fully saturated rings. The van der Waals surface area contributed by atoms with Gasteiger partial charge in [-0.15, -0.1) is 0 Å². The van der Waals surface area contributed by atoms with Crippen LogP contribution in [-0.4, -0.2) is 8.42 Å². The second kappa shape index (κ2) is 7.99. The molecule has 2 aromatic carbocycles. The molecule has 0 saturated carbocycles. The van der Waals surface area contributed by atoms with Crippen LogP contribution in [0.15, 0.2) is 87.1 Å². The van der Waals surface area contributed by atoms with Gasteiger partial charge in [0.2, 0.25) is 21.2 Å². The van der Waals surface area contributed by atoms with Gasteiger partial charge in [-0.25, -0.2) is 13.1 Å². The lowest BCUT2D eigenvalue weighted by molar-refractivity contribution is 0.289. The van der Waals surface area contributed by atoms with Crippen molar-refractivity contribution in [1.82, 2.24) is 4.72 Å². The molecule has 1 N–H and O–H groups in total. The van der Waals surface area contributed by atoms with E-state index in [1.165, 1.54) is 24.5 Å². The van der Waals surface area contributed by atoms with E-state index in [2.05, 4.69) is 4.72 Å². The zero-order valence-corrected chi connectivity index (χ0v) is 14.6. The third-order valence-corrected chi connectivity index (χ3v) is 5.00. The molecule has 1 heterocycles. The van der Waals surface area contributed by atoms with Crippen molar-refractivity contribution < 1.29 is 17.6 Å². The van der Waals surface area contributed by atoms with Gasteiger partial charge in [0.1, 0.15) is 18.6 Å². The molecule has 0 unspecified atom stereocenters. The largest absolute Gasteiger partial charge is 0.482 e. The van der Waals surface area contributed by atoms with Gasteiger partial charge in [0.05, 0.1) is 11.4 Å². The molecule has 0 bridgehead atoms. The fourth-order valence-electron chi connectivity index (χ4n) is 2.22. The second-order valence-electron chi connectivity index (χ2n) is 5.49. The van der Waals surface area contributed by atoms with Crippen LogP contribution in [0.1, 0.15) is 11.3 Å². The summed E-state index contributed by atoms with van der Waals surface area (Å²) >= 11 is 0. The maximum absolute atomic E-state index is 12.2. The quantitative estimate of drug-likeness (QED) is 0.690. The monoisotopic (exact) mass is 371 g/mol. The lowest BCUT2D eigenvalue weighted by Crippen LogP contribution is -2.23. The van der Waals surface area contributed by atoms with E-state index in [0.29, 0.717) is 0 Å². The molecular weight excluding hydrogens is 354 g/mol. The van der Waals surface area contributed by atoms with E-state index in [4.69, 9.17) is 9.15 Å². The Bertz CT molecular complexity index is 1010. The summed E-state index contributed by atoms with van der Waals surface area (Å²) in [4.78, 5) is 12.2. The molecule has 26 heavy (non-hydrogen) atoms. The molecule has 0 aliphatic carbocycles. The van der Waals surface area contributed by atoms with Gasteiger partial charge in [0.15, 0.2) is 0 Å². The molecule has 0 amide bonds. The second-order valence-corrected chi connectivity index (χ2v) is 7.25. The predicted molar refractivity (Wildman–Crippen MR) is 96.2 cm³/mol. The van der Waals surface area contributed by atoms with Crippen LogP contribution in [0.5, 0.6) is 5.75 Å². The van der Waals surface area contributed by atoms with Crippen molar-refractivity contribution in [3.63, 3.8) is 0 Å². The molecule has 0 spiro atoms. The normalized spacial score (nSPS) is 11.2. The molecular formula is C19H17NO5S. The van der Waals surface area contributed by atoms with E-state index in [9.17, 15) is 13.2 Å². The van der Waals surface area contributed by atoms with E-state index in [-0.39, 0.29) is 35.0 Å². The first-order valence-corrected chi connectivity index (χ1v) is 9.36. The van der Waals surface area contributed by atoms with Crippen LogP contribution in [0, 0.1) is 0 Å². The van der Waals surface area contributed by atoms with Crippen molar-refractivity contribution in [2.45, 2.75) is 18.0 Å². The minimum absolute atomic E-state index is 0.0727. The standard InChI is InChI=1S/C19H17NO5S/c21-18-11-16(12-20-26(22,23)17-9-5-2-6-10-17)24-14-19(18)25-13-15-7-3-1-4-8-15/h1-11,14,20H,12-13H2. The highest BCUT2D eigenvalue weighted by molar-refractivity contribution is 7.89. The molecule has 134 valence electrons. The van der Waals surface area contributed by atoms with Crippen molar-refractivity contribution in [3.8, 4) is 5.75 Å². The Morgan fingerprint density at radius 2 is 1.62 bits per heavy atom. The van der Waals surface area contributed by atoms with Crippen LogP contribution in [0.25, 0.3) is 0 Å².